The van der Waals surface area contributed by atoms with Crippen LogP contribution < -0.4 is 9.47 Å². The van der Waals surface area contributed by atoms with Crippen LogP contribution in [0.1, 0.15) is 44.1 Å². The van der Waals surface area contributed by atoms with Crippen molar-refractivity contribution in [2.75, 3.05) is 26.3 Å². The maximum absolute atomic E-state index is 12.1. The summed E-state index contributed by atoms with van der Waals surface area (Å²) in [6.07, 6.45) is 7.09. The number of nitrogens with zero attached hydrogens (tertiary/aromatic N) is 1. The largest absolute Gasteiger partial charge is 0.493 e. The highest BCUT2D eigenvalue weighted by Crippen LogP contribution is 2.29. The van der Waals surface area contributed by atoms with Crippen LogP contribution in [0.5, 0.6) is 11.5 Å². The van der Waals surface area contributed by atoms with E-state index in [-0.39, 0.29) is 5.91 Å². The fourth-order valence-corrected chi connectivity index (χ4v) is 3.13. The zero-order valence-electron chi connectivity index (χ0n) is 13.2. The monoisotopic (exact) mass is 303 g/mol. The topological polar surface area (TPSA) is 38.8 Å². The second kappa shape index (κ2) is 7.52. The first-order chi connectivity index (χ1) is 10.8. The van der Waals surface area contributed by atoms with E-state index in [1.54, 1.807) is 0 Å². The van der Waals surface area contributed by atoms with E-state index in [0.29, 0.717) is 13.0 Å². The molecule has 0 spiro atoms. The van der Waals surface area contributed by atoms with Crippen molar-refractivity contribution in [3.63, 3.8) is 0 Å². The molecule has 1 fully saturated rings. The third-order valence-corrected chi connectivity index (χ3v) is 4.40. The van der Waals surface area contributed by atoms with E-state index < -0.39 is 0 Å². The van der Waals surface area contributed by atoms with Gasteiger partial charge in [-0.1, -0.05) is 6.07 Å². The van der Waals surface area contributed by atoms with E-state index in [1.165, 1.54) is 12.0 Å². The van der Waals surface area contributed by atoms with Crippen LogP contribution in [-0.4, -0.2) is 37.1 Å². The average molecular weight is 303 g/mol. The van der Waals surface area contributed by atoms with Crippen molar-refractivity contribution in [2.45, 2.75) is 44.9 Å². The molecule has 2 aliphatic heterocycles. The van der Waals surface area contributed by atoms with Crippen LogP contribution in [0.4, 0.5) is 0 Å². The van der Waals surface area contributed by atoms with Gasteiger partial charge in [0.15, 0.2) is 0 Å². The molecule has 3 rings (SSSR count). The molecule has 4 nitrogen and oxygen atoms in total. The molecule has 1 saturated heterocycles. The first-order valence-corrected chi connectivity index (χ1v) is 8.49. The maximum Gasteiger partial charge on any atom is 0.222 e. The van der Waals surface area contributed by atoms with Gasteiger partial charge in [0.2, 0.25) is 5.91 Å². The molecular formula is C18H25NO3. The molecule has 2 aliphatic rings. The van der Waals surface area contributed by atoms with Gasteiger partial charge in [0.1, 0.15) is 11.5 Å². The first-order valence-electron chi connectivity index (χ1n) is 8.49. The highest BCUT2D eigenvalue weighted by atomic mass is 16.5. The second-order valence-electron chi connectivity index (χ2n) is 6.12. The van der Waals surface area contributed by atoms with Gasteiger partial charge >= 0.3 is 0 Å². The number of carbonyl (C=O) groups excluding carboxylic acids is 1. The van der Waals surface area contributed by atoms with Crippen LogP contribution in [0.3, 0.4) is 0 Å². The van der Waals surface area contributed by atoms with Gasteiger partial charge in [-0.2, -0.15) is 0 Å². The summed E-state index contributed by atoms with van der Waals surface area (Å²) in [6.45, 7) is 3.24. The van der Waals surface area contributed by atoms with Gasteiger partial charge in [-0.3, -0.25) is 4.79 Å². The minimum Gasteiger partial charge on any atom is -0.493 e. The van der Waals surface area contributed by atoms with E-state index >= 15 is 0 Å². The zero-order chi connectivity index (χ0) is 15.2. The van der Waals surface area contributed by atoms with Crippen molar-refractivity contribution in [3.05, 3.63) is 23.8 Å². The number of fused-ring (bicyclic) bond motifs is 1. The number of aryl methyl sites for hydroxylation is 1. The summed E-state index contributed by atoms with van der Waals surface area (Å²) in [5.74, 6) is 2.07. The predicted molar refractivity (Wildman–Crippen MR) is 85.4 cm³/mol. The molecule has 2 heterocycles. The molecule has 1 aromatic rings. The molecule has 1 amide bonds. The summed E-state index contributed by atoms with van der Waals surface area (Å²) in [5, 5.41) is 0. The standard InChI is InChI=1S/C18H25NO3/c20-18(19-10-2-1-3-11-19)7-5-12-21-16-9-8-15-6-4-13-22-17(15)14-16/h8-9,14H,1-7,10-13H2. The van der Waals surface area contributed by atoms with Crippen LogP contribution >= 0.6 is 0 Å². The third-order valence-electron chi connectivity index (χ3n) is 4.40. The lowest BCUT2D eigenvalue weighted by molar-refractivity contribution is -0.132. The van der Waals surface area contributed by atoms with E-state index in [2.05, 4.69) is 6.07 Å². The first kappa shape index (κ1) is 15.2. The van der Waals surface area contributed by atoms with Crippen molar-refractivity contribution in [3.8, 4) is 11.5 Å². The van der Waals surface area contributed by atoms with Crippen molar-refractivity contribution < 1.29 is 14.3 Å². The SMILES string of the molecule is O=C(CCCOc1ccc2c(c1)OCCC2)N1CCCCC1. The summed E-state index contributed by atoms with van der Waals surface area (Å²) >= 11 is 0. The van der Waals surface area contributed by atoms with E-state index in [9.17, 15) is 4.79 Å². The molecule has 1 aromatic carbocycles. The fourth-order valence-electron chi connectivity index (χ4n) is 3.13. The normalized spacial score (nSPS) is 17.5. The van der Waals surface area contributed by atoms with Gasteiger partial charge < -0.3 is 14.4 Å². The minimum absolute atomic E-state index is 0.275. The summed E-state index contributed by atoms with van der Waals surface area (Å²) in [4.78, 5) is 14.0. The molecular weight excluding hydrogens is 278 g/mol. The summed E-state index contributed by atoms with van der Waals surface area (Å²) in [5.41, 5.74) is 1.26. The Morgan fingerprint density at radius 3 is 2.91 bits per heavy atom. The van der Waals surface area contributed by atoms with Crippen molar-refractivity contribution in [2.24, 2.45) is 0 Å². The number of benzene rings is 1. The molecule has 0 aromatic heterocycles. The van der Waals surface area contributed by atoms with Crippen LogP contribution in [-0.2, 0) is 11.2 Å². The molecule has 0 aliphatic carbocycles. The number of amides is 1. The molecule has 0 bridgehead atoms. The highest BCUT2D eigenvalue weighted by Gasteiger charge is 2.16. The Bertz CT molecular complexity index is 509. The molecule has 22 heavy (non-hydrogen) atoms. The zero-order valence-corrected chi connectivity index (χ0v) is 13.2. The lowest BCUT2D eigenvalue weighted by Crippen LogP contribution is -2.35. The van der Waals surface area contributed by atoms with Gasteiger partial charge in [-0.05, 0) is 50.2 Å². The van der Waals surface area contributed by atoms with Crippen molar-refractivity contribution >= 4 is 5.91 Å². The van der Waals surface area contributed by atoms with Gasteiger partial charge in [-0.15, -0.1) is 0 Å². The van der Waals surface area contributed by atoms with E-state index in [0.717, 1.165) is 63.3 Å². The average Bonchev–Trinajstić information content (AvgIpc) is 2.59. The number of rotatable bonds is 5. The Kier molecular flexibility index (Phi) is 5.20. The molecule has 0 radical (unpaired) electrons. The number of hydrogen-bond donors (Lipinski definition) is 0. The molecule has 4 heteroatoms. The lowest BCUT2D eigenvalue weighted by atomic mass is 10.1. The minimum atomic E-state index is 0.275. The fraction of sp³-hybridized carbons (Fsp3) is 0.611. The summed E-state index contributed by atoms with van der Waals surface area (Å²) in [7, 11) is 0. The molecule has 120 valence electrons. The maximum atomic E-state index is 12.1. The van der Waals surface area contributed by atoms with Crippen LogP contribution in [0.15, 0.2) is 18.2 Å². The number of carbonyl (C=O) groups is 1. The van der Waals surface area contributed by atoms with Crippen molar-refractivity contribution in [1.82, 2.24) is 4.90 Å². The summed E-state index contributed by atoms with van der Waals surface area (Å²) in [6, 6.07) is 6.06. The van der Waals surface area contributed by atoms with Crippen LogP contribution in [0.2, 0.25) is 0 Å². The Morgan fingerprint density at radius 2 is 2.05 bits per heavy atom. The Balaban J connectivity index is 1.40. The number of ether oxygens (including phenoxy) is 2. The Hall–Kier alpha value is -1.71. The van der Waals surface area contributed by atoms with E-state index in [1.807, 2.05) is 17.0 Å². The Labute approximate surface area is 132 Å². The smallest absolute Gasteiger partial charge is 0.222 e. The van der Waals surface area contributed by atoms with Crippen LogP contribution in [0, 0.1) is 0 Å². The number of piperidine rings is 1. The highest BCUT2D eigenvalue weighted by molar-refractivity contribution is 5.76. The molecule has 0 saturated carbocycles. The predicted octanol–water partition coefficient (Wildman–Crippen LogP) is 3.18. The van der Waals surface area contributed by atoms with Gasteiger partial charge in [0, 0.05) is 25.6 Å². The Morgan fingerprint density at radius 1 is 1.18 bits per heavy atom. The van der Waals surface area contributed by atoms with Gasteiger partial charge in [0.05, 0.1) is 13.2 Å². The quantitative estimate of drug-likeness (QED) is 0.784. The lowest BCUT2D eigenvalue weighted by Gasteiger charge is -2.26. The number of likely N-dealkylation sites (tertiary alicyclic amines) is 1. The van der Waals surface area contributed by atoms with Gasteiger partial charge in [0.25, 0.3) is 0 Å². The second-order valence-corrected chi connectivity index (χ2v) is 6.12. The molecule has 0 N–H and O–H groups in total. The molecule has 0 unspecified atom stereocenters. The van der Waals surface area contributed by atoms with Crippen LogP contribution in [0.25, 0.3) is 0 Å². The molecule has 0 atom stereocenters. The summed E-state index contributed by atoms with van der Waals surface area (Å²) < 4.78 is 11.4. The van der Waals surface area contributed by atoms with Crippen molar-refractivity contribution in [1.29, 1.82) is 0 Å². The van der Waals surface area contributed by atoms with E-state index in [4.69, 9.17) is 9.47 Å². The third kappa shape index (κ3) is 3.93. The van der Waals surface area contributed by atoms with Gasteiger partial charge in [-0.25, -0.2) is 0 Å². The number of hydrogen-bond acceptors (Lipinski definition) is 3.